The molecule has 6 nitrogen and oxygen atoms in total. The van der Waals surface area contributed by atoms with Crippen molar-refractivity contribution >= 4 is 29.0 Å². The van der Waals surface area contributed by atoms with Crippen LogP contribution in [0.2, 0.25) is 0 Å². The summed E-state index contributed by atoms with van der Waals surface area (Å²) in [5.74, 6) is 1.30. The van der Waals surface area contributed by atoms with Gasteiger partial charge in [-0.3, -0.25) is 9.36 Å². The largest absolute Gasteiger partial charge is 0.497 e. The second kappa shape index (κ2) is 8.36. The zero-order valence-electron chi connectivity index (χ0n) is 15.9. The molecule has 1 aliphatic heterocycles. The molecule has 0 saturated heterocycles. The molecule has 0 fully saturated rings. The Bertz CT molecular complexity index is 951. The molecule has 1 unspecified atom stereocenters. The molecule has 3 heterocycles. The number of nitrogens with zero attached hydrogens (tertiary/aromatic N) is 4. The average Bonchev–Trinajstić information content (AvgIpc) is 3.40. The standard InChI is InChI=1S/C20H22N4O2S2/c1-3-17-16-9-11-27-18(16)8-10-23(17)19(25)12-28-20-22-21-13-24(20)14-4-6-15(26-2)7-5-14/h4-7,9,11,13,17H,3,8,10,12H2,1-2H3. The summed E-state index contributed by atoms with van der Waals surface area (Å²) in [6.45, 7) is 2.93. The van der Waals surface area contributed by atoms with Crippen molar-refractivity contribution in [2.24, 2.45) is 0 Å². The van der Waals surface area contributed by atoms with E-state index in [0.717, 1.165) is 30.8 Å². The molecule has 0 radical (unpaired) electrons. The molecule has 8 heteroatoms. The smallest absolute Gasteiger partial charge is 0.233 e. The van der Waals surface area contributed by atoms with Gasteiger partial charge >= 0.3 is 0 Å². The highest BCUT2D eigenvalue weighted by Crippen LogP contribution is 2.35. The minimum absolute atomic E-state index is 0.151. The third-order valence-corrected chi connectivity index (χ3v) is 6.92. The molecule has 28 heavy (non-hydrogen) atoms. The van der Waals surface area contributed by atoms with Crippen LogP contribution in [-0.2, 0) is 11.2 Å². The van der Waals surface area contributed by atoms with Gasteiger partial charge in [-0.1, -0.05) is 18.7 Å². The second-order valence-electron chi connectivity index (χ2n) is 6.53. The van der Waals surface area contributed by atoms with E-state index < -0.39 is 0 Å². The lowest BCUT2D eigenvalue weighted by atomic mass is 9.98. The summed E-state index contributed by atoms with van der Waals surface area (Å²) in [4.78, 5) is 16.4. The van der Waals surface area contributed by atoms with Gasteiger partial charge in [-0.15, -0.1) is 21.5 Å². The van der Waals surface area contributed by atoms with Crippen LogP contribution in [0.5, 0.6) is 5.75 Å². The molecule has 1 aromatic carbocycles. The number of carbonyl (C=O) groups excluding carboxylic acids is 1. The summed E-state index contributed by atoms with van der Waals surface area (Å²) in [7, 11) is 1.64. The molecule has 0 bridgehead atoms. The predicted molar refractivity (Wildman–Crippen MR) is 111 cm³/mol. The highest BCUT2D eigenvalue weighted by molar-refractivity contribution is 7.99. The minimum Gasteiger partial charge on any atom is -0.497 e. The molecular formula is C20H22N4O2S2. The number of ether oxygens (including phenoxy) is 1. The van der Waals surface area contributed by atoms with Gasteiger partial charge in [0.05, 0.1) is 18.9 Å². The van der Waals surface area contributed by atoms with E-state index in [1.165, 1.54) is 22.2 Å². The SMILES string of the molecule is CCC1c2ccsc2CCN1C(=O)CSc1nncn1-c1ccc(OC)cc1. The Kier molecular flexibility index (Phi) is 5.68. The number of thioether (sulfide) groups is 1. The summed E-state index contributed by atoms with van der Waals surface area (Å²) >= 11 is 3.22. The lowest BCUT2D eigenvalue weighted by molar-refractivity contribution is -0.131. The van der Waals surface area contributed by atoms with Crippen molar-refractivity contribution in [3.05, 3.63) is 52.5 Å². The summed E-state index contributed by atoms with van der Waals surface area (Å²) in [6.07, 6.45) is 3.55. The molecule has 146 valence electrons. The zero-order valence-corrected chi connectivity index (χ0v) is 17.5. The van der Waals surface area contributed by atoms with E-state index in [1.54, 1.807) is 24.8 Å². The van der Waals surface area contributed by atoms with Gasteiger partial charge in [0.25, 0.3) is 0 Å². The van der Waals surface area contributed by atoms with Gasteiger partial charge in [0.15, 0.2) is 5.16 Å². The third-order valence-electron chi connectivity index (χ3n) is 4.99. The van der Waals surface area contributed by atoms with Crippen molar-refractivity contribution in [1.29, 1.82) is 0 Å². The summed E-state index contributed by atoms with van der Waals surface area (Å²) in [6, 6.07) is 10.0. The number of aromatic nitrogens is 3. The first kappa shape index (κ1) is 19.0. The van der Waals surface area contributed by atoms with Gasteiger partial charge in [0.1, 0.15) is 12.1 Å². The number of methoxy groups -OCH3 is 1. The Morgan fingerprint density at radius 3 is 2.89 bits per heavy atom. The number of carbonyl (C=O) groups is 1. The topological polar surface area (TPSA) is 60.2 Å². The van der Waals surface area contributed by atoms with E-state index >= 15 is 0 Å². The van der Waals surface area contributed by atoms with E-state index in [9.17, 15) is 4.79 Å². The van der Waals surface area contributed by atoms with Crippen LogP contribution in [0.25, 0.3) is 5.69 Å². The minimum atomic E-state index is 0.151. The van der Waals surface area contributed by atoms with Crippen LogP contribution in [0, 0.1) is 0 Å². The quantitative estimate of drug-likeness (QED) is 0.571. The summed E-state index contributed by atoms with van der Waals surface area (Å²) in [5, 5.41) is 11.1. The number of benzene rings is 1. The van der Waals surface area contributed by atoms with Crippen LogP contribution in [-0.4, -0.2) is 45.0 Å². The maximum absolute atomic E-state index is 13.0. The highest BCUT2D eigenvalue weighted by atomic mass is 32.2. The van der Waals surface area contributed by atoms with Gasteiger partial charge in [0, 0.05) is 17.1 Å². The van der Waals surface area contributed by atoms with Gasteiger partial charge in [0.2, 0.25) is 5.91 Å². The monoisotopic (exact) mass is 414 g/mol. The fraction of sp³-hybridized carbons (Fsp3) is 0.350. The molecule has 1 atom stereocenters. The van der Waals surface area contributed by atoms with Crippen LogP contribution in [0.4, 0.5) is 0 Å². The summed E-state index contributed by atoms with van der Waals surface area (Å²) < 4.78 is 7.10. The molecule has 0 N–H and O–H groups in total. The average molecular weight is 415 g/mol. The third kappa shape index (κ3) is 3.66. The number of thiophene rings is 1. The van der Waals surface area contributed by atoms with Crippen LogP contribution in [0.3, 0.4) is 0 Å². The maximum atomic E-state index is 13.0. The predicted octanol–water partition coefficient (Wildman–Crippen LogP) is 3.97. The molecule has 0 spiro atoms. The van der Waals surface area contributed by atoms with Crippen molar-refractivity contribution < 1.29 is 9.53 Å². The fourth-order valence-electron chi connectivity index (χ4n) is 3.59. The van der Waals surface area contributed by atoms with E-state index in [0.29, 0.717) is 10.9 Å². The van der Waals surface area contributed by atoms with E-state index in [1.807, 2.05) is 33.7 Å². The first-order valence-corrected chi connectivity index (χ1v) is 11.1. The molecule has 1 aliphatic rings. The molecule has 2 aromatic heterocycles. The van der Waals surface area contributed by atoms with Crippen LogP contribution >= 0.6 is 23.1 Å². The van der Waals surface area contributed by atoms with Crippen molar-refractivity contribution in [3.8, 4) is 11.4 Å². The number of hydrogen-bond donors (Lipinski definition) is 0. The maximum Gasteiger partial charge on any atom is 0.233 e. The first-order valence-electron chi connectivity index (χ1n) is 9.24. The number of rotatable bonds is 6. The Balaban J connectivity index is 1.45. The second-order valence-corrected chi connectivity index (χ2v) is 8.47. The molecule has 0 saturated carbocycles. The zero-order chi connectivity index (χ0) is 19.5. The number of amides is 1. The molecule has 3 aromatic rings. The first-order chi connectivity index (χ1) is 13.7. The van der Waals surface area contributed by atoms with Crippen molar-refractivity contribution in [3.63, 3.8) is 0 Å². The lowest BCUT2D eigenvalue weighted by Gasteiger charge is -2.35. The Labute approximate surface area is 172 Å². The number of hydrogen-bond acceptors (Lipinski definition) is 6. The lowest BCUT2D eigenvalue weighted by Crippen LogP contribution is -2.40. The normalized spacial score (nSPS) is 16.1. The highest BCUT2D eigenvalue weighted by Gasteiger charge is 2.30. The Morgan fingerprint density at radius 2 is 2.14 bits per heavy atom. The fourth-order valence-corrected chi connectivity index (χ4v) is 5.33. The van der Waals surface area contributed by atoms with Gasteiger partial charge in [-0.05, 0) is 54.1 Å². The van der Waals surface area contributed by atoms with Gasteiger partial charge in [-0.25, -0.2) is 0 Å². The molecule has 1 amide bonds. The van der Waals surface area contributed by atoms with Crippen LogP contribution in [0.15, 0.2) is 47.2 Å². The molecular weight excluding hydrogens is 392 g/mol. The molecule has 0 aliphatic carbocycles. The van der Waals surface area contributed by atoms with E-state index in [2.05, 4.69) is 28.6 Å². The van der Waals surface area contributed by atoms with Gasteiger partial charge < -0.3 is 9.64 Å². The van der Waals surface area contributed by atoms with Crippen molar-refractivity contribution in [1.82, 2.24) is 19.7 Å². The van der Waals surface area contributed by atoms with Crippen LogP contribution < -0.4 is 4.74 Å². The Hall–Kier alpha value is -2.32. The van der Waals surface area contributed by atoms with E-state index in [-0.39, 0.29) is 11.9 Å². The Morgan fingerprint density at radius 1 is 1.32 bits per heavy atom. The molecule has 4 rings (SSSR count). The van der Waals surface area contributed by atoms with Crippen molar-refractivity contribution in [2.75, 3.05) is 19.4 Å². The summed E-state index contributed by atoms with van der Waals surface area (Å²) in [5.41, 5.74) is 2.26. The number of fused-ring (bicyclic) bond motifs is 1. The van der Waals surface area contributed by atoms with E-state index in [4.69, 9.17) is 4.74 Å². The van der Waals surface area contributed by atoms with Gasteiger partial charge in [-0.2, -0.15) is 0 Å². The van der Waals surface area contributed by atoms with Crippen molar-refractivity contribution in [2.45, 2.75) is 31.0 Å². The van der Waals surface area contributed by atoms with Crippen LogP contribution in [0.1, 0.15) is 29.8 Å².